The summed E-state index contributed by atoms with van der Waals surface area (Å²) in [6.45, 7) is 11.6. The fourth-order valence-electron chi connectivity index (χ4n) is 1.61. The molecule has 0 radical (unpaired) electrons. The predicted molar refractivity (Wildman–Crippen MR) is 62.4 cm³/mol. The molecule has 0 amide bonds. The van der Waals surface area contributed by atoms with Crippen molar-refractivity contribution in [2.24, 2.45) is 0 Å². The Bertz CT molecular complexity index is 156. The van der Waals surface area contributed by atoms with Crippen molar-refractivity contribution in [2.45, 2.75) is 32.2 Å². The van der Waals surface area contributed by atoms with Crippen LogP contribution in [0.2, 0.25) is 0 Å². The maximum atomic E-state index is 8.89. The number of unbranched alkanes of at least 4 members (excludes halogenated alkanes) is 1. The molecule has 0 spiro atoms. The SMILES string of the molecule is C=CCCCC(C=C)N(CC)CCO. The molecular formula is C12H23NO. The lowest BCUT2D eigenvalue weighted by molar-refractivity contribution is 0.171. The van der Waals surface area contributed by atoms with E-state index in [1.165, 1.54) is 0 Å². The van der Waals surface area contributed by atoms with Crippen LogP contribution in [0.15, 0.2) is 25.3 Å². The van der Waals surface area contributed by atoms with Crippen LogP contribution in [0, 0.1) is 0 Å². The largest absolute Gasteiger partial charge is 0.395 e. The number of allylic oxidation sites excluding steroid dienone is 1. The molecule has 0 aromatic heterocycles. The molecule has 1 unspecified atom stereocenters. The van der Waals surface area contributed by atoms with Crippen molar-refractivity contribution in [1.29, 1.82) is 0 Å². The topological polar surface area (TPSA) is 23.5 Å². The first-order valence-corrected chi connectivity index (χ1v) is 5.38. The highest BCUT2D eigenvalue weighted by atomic mass is 16.3. The zero-order valence-corrected chi connectivity index (χ0v) is 9.28. The van der Waals surface area contributed by atoms with E-state index >= 15 is 0 Å². The molecule has 0 aromatic rings. The third kappa shape index (κ3) is 5.20. The maximum absolute atomic E-state index is 8.89. The second kappa shape index (κ2) is 8.97. The van der Waals surface area contributed by atoms with E-state index in [0.717, 1.165) is 32.4 Å². The molecule has 0 saturated heterocycles. The quantitative estimate of drug-likeness (QED) is 0.452. The Labute approximate surface area is 87.9 Å². The van der Waals surface area contributed by atoms with Crippen molar-refractivity contribution in [2.75, 3.05) is 19.7 Å². The Morgan fingerprint density at radius 2 is 2.14 bits per heavy atom. The highest BCUT2D eigenvalue weighted by molar-refractivity contribution is 4.88. The van der Waals surface area contributed by atoms with E-state index in [1.807, 2.05) is 12.2 Å². The number of hydrogen-bond donors (Lipinski definition) is 1. The second-order valence-corrected chi connectivity index (χ2v) is 3.37. The first-order valence-electron chi connectivity index (χ1n) is 5.38. The van der Waals surface area contributed by atoms with E-state index in [4.69, 9.17) is 5.11 Å². The summed E-state index contributed by atoms with van der Waals surface area (Å²) >= 11 is 0. The van der Waals surface area contributed by atoms with E-state index in [1.54, 1.807) is 0 Å². The molecule has 2 heteroatoms. The van der Waals surface area contributed by atoms with Gasteiger partial charge < -0.3 is 5.11 Å². The average molecular weight is 197 g/mol. The van der Waals surface area contributed by atoms with Gasteiger partial charge in [-0.2, -0.15) is 0 Å². The van der Waals surface area contributed by atoms with Gasteiger partial charge in [0.05, 0.1) is 6.61 Å². The lowest BCUT2D eigenvalue weighted by Crippen LogP contribution is -2.35. The van der Waals surface area contributed by atoms with Crippen LogP contribution >= 0.6 is 0 Å². The molecule has 0 rings (SSSR count). The summed E-state index contributed by atoms with van der Waals surface area (Å²) < 4.78 is 0. The summed E-state index contributed by atoms with van der Waals surface area (Å²) in [5.74, 6) is 0. The standard InChI is InChI=1S/C12H23NO/c1-4-7-8-9-12(5-2)13(6-3)10-11-14/h4-5,12,14H,1-2,6-11H2,3H3. The summed E-state index contributed by atoms with van der Waals surface area (Å²) in [4.78, 5) is 2.25. The molecule has 0 aromatic carbocycles. The minimum absolute atomic E-state index is 0.222. The molecule has 82 valence electrons. The highest BCUT2D eigenvalue weighted by Gasteiger charge is 2.11. The molecule has 1 atom stereocenters. The first kappa shape index (κ1) is 13.4. The van der Waals surface area contributed by atoms with Crippen LogP contribution in [0.4, 0.5) is 0 Å². The number of hydrogen-bond acceptors (Lipinski definition) is 2. The number of rotatable bonds is 9. The van der Waals surface area contributed by atoms with Gasteiger partial charge in [-0.15, -0.1) is 13.2 Å². The van der Waals surface area contributed by atoms with Crippen LogP contribution in [-0.4, -0.2) is 35.7 Å². The van der Waals surface area contributed by atoms with Gasteiger partial charge in [-0.25, -0.2) is 0 Å². The van der Waals surface area contributed by atoms with Gasteiger partial charge in [-0.05, 0) is 25.8 Å². The summed E-state index contributed by atoms with van der Waals surface area (Å²) in [7, 11) is 0. The molecule has 0 aliphatic carbocycles. The fourth-order valence-corrected chi connectivity index (χ4v) is 1.61. The molecule has 1 N–H and O–H groups in total. The molecule has 0 aliphatic rings. The molecule has 0 fully saturated rings. The van der Waals surface area contributed by atoms with E-state index in [-0.39, 0.29) is 6.61 Å². The maximum Gasteiger partial charge on any atom is 0.0558 e. The molecule has 0 saturated carbocycles. The third-order valence-electron chi connectivity index (χ3n) is 2.44. The van der Waals surface area contributed by atoms with Crippen molar-refractivity contribution in [3.05, 3.63) is 25.3 Å². The van der Waals surface area contributed by atoms with Gasteiger partial charge in [0.25, 0.3) is 0 Å². The van der Waals surface area contributed by atoms with Crippen molar-refractivity contribution in [1.82, 2.24) is 4.90 Å². The first-order chi connectivity index (χ1) is 6.79. The Morgan fingerprint density at radius 1 is 1.43 bits per heavy atom. The fraction of sp³-hybridized carbons (Fsp3) is 0.667. The molecule has 0 heterocycles. The Morgan fingerprint density at radius 3 is 2.57 bits per heavy atom. The summed E-state index contributed by atoms with van der Waals surface area (Å²) in [6, 6.07) is 0.395. The van der Waals surface area contributed by atoms with Gasteiger partial charge >= 0.3 is 0 Å². The summed E-state index contributed by atoms with van der Waals surface area (Å²) in [5.41, 5.74) is 0. The van der Waals surface area contributed by atoms with Crippen LogP contribution < -0.4 is 0 Å². The molecule has 0 aliphatic heterocycles. The summed E-state index contributed by atoms with van der Waals surface area (Å²) in [6.07, 6.45) is 7.22. The monoisotopic (exact) mass is 197 g/mol. The van der Waals surface area contributed by atoms with Crippen molar-refractivity contribution < 1.29 is 5.11 Å². The van der Waals surface area contributed by atoms with Gasteiger partial charge in [-0.3, -0.25) is 4.90 Å². The number of nitrogens with zero attached hydrogens (tertiary/aromatic N) is 1. The van der Waals surface area contributed by atoms with Gasteiger partial charge in [-0.1, -0.05) is 19.1 Å². The van der Waals surface area contributed by atoms with Gasteiger partial charge in [0.15, 0.2) is 0 Å². The highest BCUT2D eigenvalue weighted by Crippen LogP contribution is 2.09. The van der Waals surface area contributed by atoms with Crippen LogP contribution in [0.25, 0.3) is 0 Å². The van der Waals surface area contributed by atoms with E-state index in [0.29, 0.717) is 6.04 Å². The molecule has 0 bridgehead atoms. The Balaban J connectivity index is 3.93. The minimum Gasteiger partial charge on any atom is -0.395 e. The van der Waals surface area contributed by atoms with Crippen molar-refractivity contribution >= 4 is 0 Å². The van der Waals surface area contributed by atoms with Crippen LogP contribution in [0.1, 0.15) is 26.2 Å². The van der Waals surface area contributed by atoms with Crippen LogP contribution in [0.3, 0.4) is 0 Å². The predicted octanol–water partition coefficient (Wildman–Crippen LogP) is 2.21. The van der Waals surface area contributed by atoms with E-state index in [2.05, 4.69) is 25.0 Å². The minimum atomic E-state index is 0.222. The average Bonchev–Trinajstić information content (AvgIpc) is 2.22. The van der Waals surface area contributed by atoms with Gasteiger partial charge in [0, 0.05) is 12.6 Å². The van der Waals surface area contributed by atoms with Crippen LogP contribution in [0.5, 0.6) is 0 Å². The molecular weight excluding hydrogens is 174 g/mol. The lowest BCUT2D eigenvalue weighted by Gasteiger charge is -2.27. The van der Waals surface area contributed by atoms with E-state index in [9.17, 15) is 0 Å². The number of aliphatic hydroxyl groups is 1. The lowest BCUT2D eigenvalue weighted by atomic mass is 10.1. The van der Waals surface area contributed by atoms with Crippen molar-refractivity contribution in [3.8, 4) is 0 Å². The Hall–Kier alpha value is -0.600. The Kier molecular flexibility index (Phi) is 8.59. The zero-order chi connectivity index (χ0) is 10.8. The zero-order valence-electron chi connectivity index (χ0n) is 9.28. The van der Waals surface area contributed by atoms with Gasteiger partial charge in [0.2, 0.25) is 0 Å². The van der Waals surface area contributed by atoms with E-state index < -0.39 is 0 Å². The third-order valence-corrected chi connectivity index (χ3v) is 2.44. The molecule has 2 nitrogen and oxygen atoms in total. The number of likely N-dealkylation sites (N-methyl/N-ethyl adjacent to an activating group) is 1. The second-order valence-electron chi connectivity index (χ2n) is 3.37. The van der Waals surface area contributed by atoms with Crippen molar-refractivity contribution in [3.63, 3.8) is 0 Å². The summed E-state index contributed by atoms with van der Waals surface area (Å²) in [5, 5.41) is 8.89. The normalized spacial score (nSPS) is 12.8. The molecule has 14 heavy (non-hydrogen) atoms. The number of aliphatic hydroxyl groups excluding tert-OH is 1. The van der Waals surface area contributed by atoms with Gasteiger partial charge in [0.1, 0.15) is 0 Å². The van der Waals surface area contributed by atoms with Crippen LogP contribution in [-0.2, 0) is 0 Å². The smallest absolute Gasteiger partial charge is 0.0558 e.